The summed E-state index contributed by atoms with van der Waals surface area (Å²) < 4.78 is 23.0. The molecule has 208 valence electrons. The van der Waals surface area contributed by atoms with Crippen molar-refractivity contribution in [2.24, 2.45) is 11.3 Å². The normalized spacial score (nSPS) is 44.2. The van der Waals surface area contributed by atoms with Crippen LogP contribution in [0.3, 0.4) is 0 Å². The van der Waals surface area contributed by atoms with Gasteiger partial charge in [-0.25, -0.2) is 0 Å². The second-order valence-electron chi connectivity index (χ2n) is 11.1. The van der Waals surface area contributed by atoms with E-state index in [2.05, 4.69) is 13.8 Å². The van der Waals surface area contributed by atoms with Crippen LogP contribution in [0.5, 0.6) is 0 Å². The van der Waals surface area contributed by atoms with Gasteiger partial charge in [0.2, 0.25) is 0 Å². The van der Waals surface area contributed by atoms with Gasteiger partial charge in [0.1, 0.15) is 42.7 Å². The summed E-state index contributed by atoms with van der Waals surface area (Å²) in [7, 11) is 0. The van der Waals surface area contributed by atoms with E-state index in [1.165, 1.54) is 6.92 Å². The van der Waals surface area contributed by atoms with Crippen LogP contribution in [0, 0.1) is 11.3 Å². The minimum atomic E-state index is -1.62. The quantitative estimate of drug-likeness (QED) is 0.242. The maximum absolute atomic E-state index is 12.0. The van der Waals surface area contributed by atoms with Gasteiger partial charge in [0.05, 0.1) is 18.8 Å². The predicted octanol–water partition coefficient (Wildman–Crippen LogP) is -0.615. The number of carbonyl (C=O) groups is 1. The Labute approximate surface area is 211 Å². The molecule has 0 saturated carbocycles. The minimum Gasteiger partial charge on any atom is -0.394 e. The van der Waals surface area contributed by atoms with Gasteiger partial charge in [-0.3, -0.25) is 4.79 Å². The number of ether oxygens (including phenoxy) is 4. The average Bonchev–Trinajstić information content (AvgIpc) is 2.79. The molecule has 0 aromatic rings. The summed E-state index contributed by atoms with van der Waals surface area (Å²) in [6, 6.07) is 0. The van der Waals surface area contributed by atoms with Crippen LogP contribution in [0.15, 0.2) is 11.6 Å². The smallest absolute Gasteiger partial charge is 0.187 e. The molecule has 11 nitrogen and oxygen atoms in total. The Bertz CT molecular complexity index is 786. The lowest BCUT2D eigenvalue weighted by molar-refractivity contribution is -0.368. The number of aliphatic hydroxyl groups is 6. The highest BCUT2D eigenvalue weighted by atomic mass is 16.8. The van der Waals surface area contributed by atoms with Crippen molar-refractivity contribution in [1.29, 1.82) is 0 Å². The molecule has 1 aliphatic carbocycles. The van der Waals surface area contributed by atoms with Gasteiger partial charge in [-0.15, -0.1) is 0 Å². The molecule has 36 heavy (non-hydrogen) atoms. The van der Waals surface area contributed by atoms with Crippen LogP contribution < -0.4 is 0 Å². The molecule has 6 N–H and O–H groups in total. The predicted molar refractivity (Wildman–Crippen MR) is 125 cm³/mol. The van der Waals surface area contributed by atoms with Crippen molar-refractivity contribution in [2.45, 2.75) is 121 Å². The van der Waals surface area contributed by atoms with Crippen LogP contribution in [0.1, 0.15) is 53.9 Å². The summed E-state index contributed by atoms with van der Waals surface area (Å²) in [4.78, 5) is 12.0. The second-order valence-corrected chi connectivity index (χ2v) is 11.1. The van der Waals surface area contributed by atoms with Crippen molar-refractivity contribution in [3.05, 3.63) is 11.6 Å². The fourth-order valence-electron chi connectivity index (χ4n) is 5.50. The molecular weight excluding hydrogens is 476 g/mol. The highest BCUT2D eigenvalue weighted by Gasteiger charge is 2.50. The van der Waals surface area contributed by atoms with Crippen LogP contribution in [0.4, 0.5) is 0 Å². The molecule has 0 aromatic carbocycles. The standard InChI is InChI=1S/C25H42O11/c1-11-8-14(27)9-25(4,5)15(11)7-6-12(2)33-24-22(20(31)18(29)16(10-26)35-24)36-23-21(32)19(30)17(28)13(3)34-23/h8,12-13,15-24,26,28-32H,6-7,9-10H2,1-5H3/t12-,13-,15+,16+,17-,18+,19+,20-,21+,22+,23-,24+/m0/s1. The molecule has 2 heterocycles. The third-order valence-electron chi connectivity index (χ3n) is 7.66. The first kappa shape index (κ1) is 29.6. The molecule has 0 aromatic heterocycles. The van der Waals surface area contributed by atoms with E-state index in [1.54, 1.807) is 6.08 Å². The van der Waals surface area contributed by atoms with E-state index >= 15 is 0 Å². The largest absolute Gasteiger partial charge is 0.394 e. The van der Waals surface area contributed by atoms with E-state index in [-0.39, 0.29) is 17.1 Å². The zero-order valence-corrected chi connectivity index (χ0v) is 21.6. The first-order valence-corrected chi connectivity index (χ1v) is 12.6. The maximum Gasteiger partial charge on any atom is 0.187 e. The van der Waals surface area contributed by atoms with Crippen molar-refractivity contribution >= 4 is 5.78 Å². The number of allylic oxidation sites excluding steroid dienone is 2. The SMILES string of the molecule is CC1=CC(=O)CC(C)(C)[C@@H]1CC[C@H](C)O[C@@H]1O[C@H](CO)[C@@H](O)[C@H](O)[C@H]1O[C@@H]1O[C@@H](C)[C@H](O)[C@@H](O)[C@H]1O. The molecule has 0 unspecified atom stereocenters. The molecule has 0 radical (unpaired) electrons. The molecule has 0 spiro atoms. The second kappa shape index (κ2) is 11.8. The minimum absolute atomic E-state index is 0.121. The van der Waals surface area contributed by atoms with Gasteiger partial charge < -0.3 is 49.6 Å². The molecule has 12 atom stereocenters. The van der Waals surface area contributed by atoms with Gasteiger partial charge >= 0.3 is 0 Å². The van der Waals surface area contributed by atoms with Crippen molar-refractivity contribution < 1.29 is 54.4 Å². The molecule has 3 rings (SSSR count). The fraction of sp³-hybridized carbons (Fsp3) is 0.880. The van der Waals surface area contributed by atoms with E-state index in [4.69, 9.17) is 18.9 Å². The number of aliphatic hydroxyl groups excluding tert-OH is 6. The third kappa shape index (κ3) is 6.35. The highest BCUT2D eigenvalue weighted by molar-refractivity contribution is 5.91. The van der Waals surface area contributed by atoms with E-state index in [0.717, 1.165) is 12.0 Å². The fourth-order valence-corrected chi connectivity index (χ4v) is 5.50. The zero-order chi connectivity index (χ0) is 26.9. The first-order chi connectivity index (χ1) is 16.8. The first-order valence-electron chi connectivity index (χ1n) is 12.6. The monoisotopic (exact) mass is 518 g/mol. The molecular formula is C25H42O11. The van der Waals surface area contributed by atoms with E-state index < -0.39 is 74.1 Å². The van der Waals surface area contributed by atoms with Crippen LogP contribution in [0.25, 0.3) is 0 Å². The zero-order valence-electron chi connectivity index (χ0n) is 21.6. The van der Waals surface area contributed by atoms with Gasteiger partial charge in [-0.2, -0.15) is 0 Å². The highest BCUT2D eigenvalue weighted by Crippen LogP contribution is 2.42. The van der Waals surface area contributed by atoms with Crippen molar-refractivity contribution in [3.8, 4) is 0 Å². The Hall–Kier alpha value is -0.990. The van der Waals surface area contributed by atoms with Crippen molar-refractivity contribution in [1.82, 2.24) is 0 Å². The Kier molecular flexibility index (Phi) is 9.70. The summed E-state index contributed by atoms with van der Waals surface area (Å²) in [5.41, 5.74) is 0.831. The Balaban J connectivity index is 1.70. The summed E-state index contributed by atoms with van der Waals surface area (Å²) in [5.74, 6) is 0.300. The van der Waals surface area contributed by atoms with E-state index in [1.807, 2.05) is 13.8 Å². The summed E-state index contributed by atoms with van der Waals surface area (Å²) in [6.07, 6.45) is -10.5. The summed E-state index contributed by atoms with van der Waals surface area (Å²) in [5, 5.41) is 61.1. The average molecular weight is 519 g/mol. The molecule has 2 fully saturated rings. The Morgan fingerprint density at radius 2 is 1.69 bits per heavy atom. The van der Waals surface area contributed by atoms with Gasteiger partial charge in [0, 0.05) is 6.42 Å². The van der Waals surface area contributed by atoms with Gasteiger partial charge in [-0.1, -0.05) is 19.4 Å². The number of rotatable bonds is 8. The van der Waals surface area contributed by atoms with Crippen LogP contribution in [0.2, 0.25) is 0 Å². The molecule has 0 bridgehead atoms. The van der Waals surface area contributed by atoms with Gasteiger partial charge in [0.25, 0.3) is 0 Å². The van der Waals surface area contributed by atoms with E-state index in [9.17, 15) is 35.4 Å². The van der Waals surface area contributed by atoms with Crippen LogP contribution in [-0.4, -0.2) is 111 Å². The third-order valence-corrected chi connectivity index (χ3v) is 7.66. The van der Waals surface area contributed by atoms with Crippen LogP contribution >= 0.6 is 0 Å². The van der Waals surface area contributed by atoms with Crippen molar-refractivity contribution in [2.75, 3.05) is 6.61 Å². The number of hydrogen-bond acceptors (Lipinski definition) is 11. The maximum atomic E-state index is 12.0. The molecule has 2 saturated heterocycles. The lowest BCUT2D eigenvalue weighted by Crippen LogP contribution is -2.64. The number of carbonyl (C=O) groups excluding carboxylic acids is 1. The molecule has 2 aliphatic heterocycles. The van der Waals surface area contributed by atoms with E-state index in [0.29, 0.717) is 12.8 Å². The Morgan fingerprint density at radius 1 is 1.03 bits per heavy atom. The Morgan fingerprint density at radius 3 is 2.31 bits per heavy atom. The van der Waals surface area contributed by atoms with Crippen molar-refractivity contribution in [3.63, 3.8) is 0 Å². The number of hydrogen-bond donors (Lipinski definition) is 6. The number of ketones is 1. The van der Waals surface area contributed by atoms with Crippen LogP contribution in [-0.2, 0) is 23.7 Å². The molecule has 0 amide bonds. The van der Waals surface area contributed by atoms with Gasteiger partial charge in [-0.05, 0) is 51.0 Å². The topological polar surface area (TPSA) is 175 Å². The van der Waals surface area contributed by atoms with Gasteiger partial charge in [0.15, 0.2) is 18.4 Å². The summed E-state index contributed by atoms with van der Waals surface area (Å²) >= 11 is 0. The lowest BCUT2D eigenvalue weighted by Gasteiger charge is -2.46. The molecule has 11 heteroatoms. The summed E-state index contributed by atoms with van der Waals surface area (Å²) in [6.45, 7) is 8.83. The lowest BCUT2D eigenvalue weighted by atomic mass is 9.66. The molecule has 3 aliphatic rings.